The topological polar surface area (TPSA) is 65.5 Å². The smallest absolute Gasteiger partial charge is 0.267 e. The molecule has 3 heterocycles. The number of aromatic nitrogens is 1. The number of rotatable bonds is 5. The van der Waals surface area contributed by atoms with Crippen LogP contribution in [0.15, 0.2) is 29.2 Å². The summed E-state index contributed by atoms with van der Waals surface area (Å²) in [4.78, 5) is 7.30. The zero-order chi connectivity index (χ0) is 24.3. The average Bonchev–Trinajstić information content (AvgIpc) is 3.38. The van der Waals surface area contributed by atoms with Gasteiger partial charge in [-0.3, -0.25) is 9.62 Å². The molecule has 34 heavy (non-hydrogen) atoms. The number of benzene rings is 1. The van der Waals surface area contributed by atoms with Crippen molar-refractivity contribution in [1.82, 2.24) is 9.88 Å². The lowest BCUT2D eigenvalue weighted by atomic mass is 9.63. The van der Waals surface area contributed by atoms with Crippen LogP contribution in [0.1, 0.15) is 39.0 Å². The van der Waals surface area contributed by atoms with Gasteiger partial charge in [-0.25, -0.2) is 17.8 Å². The number of hydrogen-bond acceptors (Lipinski definition) is 5. The molecule has 2 aliphatic heterocycles. The minimum Gasteiger partial charge on any atom is -0.370 e. The Kier molecular flexibility index (Phi) is 6.19. The predicted octanol–water partition coefficient (Wildman–Crippen LogP) is 5.31. The van der Waals surface area contributed by atoms with Crippen molar-refractivity contribution < 1.29 is 17.2 Å². The normalized spacial score (nSPS) is 27.4. The van der Waals surface area contributed by atoms with Crippen LogP contribution in [0.2, 0.25) is 10.0 Å². The molecule has 1 saturated carbocycles. The average molecular weight is 531 g/mol. The fourth-order valence-corrected chi connectivity index (χ4v) is 7.85. The minimum absolute atomic E-state index is 0.139. The molecule has 0 amide bonds. The molecule has 2 aromatic rings. The highest BCUT2D eigenvalue weighted by atomic mass is 35.5. The van der Waals surface area contributed by atoms with Gasteiger partial charge in [0.2, 0.25) is 5.95 Å². The summed E-state index contributed by atoms with van der Waals surface area (Å²) in [6.07, 6.45) is 5.70. The van der Waals surface area contributed by atoms with Gasteiger partial charge in [0.1, 0.15) is 15.7 Å². The molecule has 11 heteroatoms. The van der Waals surface area contributed by atoms with Crippen LogP contribution in [0.3, 0.4) is 0 Å². The van der Waals surface area contributed by atoms with Gasteiger partial charge in [-0.05, 0) is 63.8 Å². The monoisotopic (exact) mass is 530 g/mol. The molecule has 5 rings (SSSR count). The van der Waals surface area contributed by atoms with E-state index in [0.29, 0.717) is 24.3 Å². The van der Waals surface area contributed by atoms with E-state index in [2.05, 4.69) is 21.5 Å². The summed E-state index contributed by atoms with van der Waals surface area (Å²) in [5, 5.41) is -0.584. The first-order valence-electron chi connectivity index (χ1n) is 11.4. The van der Waals surface area contributed by atoms with Crippen LogP contribution in [0.25, 0.3) is 0 Å². The lowest BCUT2D eigenvalue weighted by molar-refractivity contribution is -0.0152. The highest BCUT2D eigenvalue weighted by molar-refractivity contribution is 7.92. The Labute approximate surface area is 208 Å². The van der Waals surface area contributed by atoms with Crippen LogP contribution in [0.4, 0.5) is 20.3 Å². The Morgan fingerprint density at radius 3 is 2.62 bits per heavy atom. The van der Waals surface area contributed by atoms with E-state index in [4.69, 9.17) is 23.2 Å². The highest BCUT2D eigenvalue weighted by Crippen LogP contribution is 2.53. The molecular weight excluding hydrogens is 505 g/mol. The van der Waals surface area contributed by atoms with Crippen molar-refractivity contribution in [2.75, 3.05) is 29.3 Å². The lowest BCUT2D eigenvalue weighted by Gasteiger charge is -2.53. The van der Waals surface area contributed by atoms with Crippen LogP contribution in [-0.4, -0.2) is 50.0 Å². The van der Waals surface area contributed by atoms with Crippen LogP contribution in [0.5, 0.6) is 0 Å². The standard InChI is InChI=1S/C23H26Cl2F2N4O2S/c1-14-4-3-10-31(14)17-7-8-23(17)9-11-30(13-23)16-12-15(24)22(21(27)20(16)25)34(32,33)29-19-6-2-5-18(26)28-19/h2,5-6,12,14,17H,3-4,7-11,13H2,1H3,(H,28,29)/t14-,17-,23+/m1/s1. The van der Waals surface area contributed by atoms with Crippen LogP contribution in [-0.2, 0) is 10.0 Å². The van der Waals surface area contributed by atoms with Crippen LogP contribution >= 0.6 is 23.2 Å². The maximum absolute atomic E-state index is 15.4. The molecule has 6 nitrogen and oxygen atoms in total. The van der Waals surface area contributed by atoms with Gasteiger partial charge in [-0.2, -0.15) is 4.39 Å². The van der Waals surface area contributed by atoms with Crippen molar-refractivity contribution in [3.8, 4) is 0 Å². The van der Waals surface area contributed by atoms with Crippen molar-refractivity contribution in [1.29, 1.82) is 0 Å². The highest BCUT2D eigenvalue weighted by Gasteiger charge is 2.54. The first kappa shape index (κ1) is 24.0. The van der Waals surface area contributed by atoms with Gasteiger partial charge >= 0.3 is 0 Å². The fraction of sp³-hybridized carbons (Fsp3) is 0.522. The molecule has 3 fully saturated rings. The van der Waals surface area contributed by atoms with E-state index in [0.717, 1.165) is 38.4 Å². The second kappa shape index (κ2) is 8.76. The van der Waals surface area contributed by atoms with Gasteiger partial charge in [0.25, 0.3) is 10.0 Å². The summed E-state index contributed by atoms with van der Waals surface area (Å²) in [5.74, 6) is -2.29. The Balaban J connectivity index is 1.40. The summed E-state index contributed by atoms with van der Waals surface area (Å²) in [6.45, 7) is 4.83. The van der Waals surface area contributed by atoms with E-state index in [1.54, 1.807) is 0 Å². The fourth-order valence-electron chi connectivity index (χ4n) is 5.89. The van der Waals surface area contributed by atoms with Gasteiger partial charge in [-0.1, -0.05) is 29.3 Å². The van der Waals surface area contributed by atoms with E-state index in [-0.39, 0.29) is 21.3 Å². The van der Waals surface area contributed by atoms with Crippen molar-refractivity contribution in [2.45, 2.75) is 56.0 Å². The molecule has 0 bridgehead atoms. The lowest BCUT2D eigenvalue weighted by Crippen LogP contribution is -2.57. The molecule has 184 valence electrons. The van der Waals surface area contributed by atoms with Crippen LogP contribution < -0.4 is 9.62 Å². The van der Waals surface area contributed by atoms with Gasteiger partial charge in [0.05, 0.1) is 10.7 Å². The minimum atomic E-state index is -4.49. The number of halogens is 4. The zero-order valence-corrected chi connectivity index (χ0v) is 21.0. The third-order valence-corrected chi connectivity index (χ3v) is 9.86. The number of sulfonamides is 1. The largest absolute Gasteiger partial charge is 0.370 e. The summed E-state index contributed by atoms with van der Waals surface area (Å²) < 4.78 is 56.5. The Bertz CT molecular complexity index is 1230. The van der Waals surface area contributed by atoms with Crippen molar-refractivity contribution >= 4 is 44.7 Å². The molecule has 1 aromatic carbocycles. The summed E-state index contributed by atoms with van der Waals surface area (Å²) >= 11 is 12.7. The Morgan fingerprint density at radius 2 is 1.97 bits per heavy atom. The molecule has 3 atom stereocenters. The summed E-state index contributed by atoms with van der Waals surface area (Å²) in [5.41, 5.74) is 0.532. The van der Waals surface area contributed by atoms with E-state index >= 15 is 4.39 Å². The maximum Gasteiger partial charge on any atom is 0.267 e. The number of anilines is 2. The Hall–Kier alpha value is -1.68. The summed E-state index contributed by atoms with van der Waals surface area (Å²) in [6, 6.07) is 6.10. The molecular formula is C23H26Cl2F2N4O2S. The number of nitrogens with zero attached hydrogens (tertiary/aromatic N) is 3. The van der Waals surface area contributed by atoms with Crippen molar-refractivity contribution in [3.63, 3.8) is 0 Å². The second-order valence-electron chi connectivity index (χ2n) is 9.60. The number of hydrogen-bond donors (Lipinski definition) is 1. The van der Waals surface area contributed by atoms with Crippen LogP contribution in [0, 0.1) is 17.2 Å². The zero-order valence-electron chi connectivity index (χ0n) is 18.7. The van der Waals surface area contributed by atoms with Crippen molar-refractivity contribution in [2.24, 2.45) is 5.41 Å². The number of nitrogens with one attached hydrogen (secondary N) is 1. The Morgan fingerprint density at radius 1 is 1.18 bits per heavy atom. The number of likely N-dealkylation sites (tertiary alicyclic amines) is 1. The molecule has 0 radical (unpaired) electrons. The van der Waals surface area contributed by atoms with Crippen molar-refractivity contribution in [3.05, 3.63) is 46.1 Å². The SMILES string of the molecule is C[C@@H]1CCCN1[C@@H]1CC[C@@]12CCN(c1cc(Cl)c(S(=O)(=O)Nc3cccc(F)n3)c(F)c1Cl)C2. The second-order valence-corrected chi connectivity index (χ2v) is 12.0. The first-order chi connectivity index (χ1) is 16.1. The molecule has 3 aliphatic rings. The molecule has 1 aromatic heterocycles. The molecule has 0 unspecified atom stereocenters. The molecule has 2 saturated heterocycles. The summed E-state index contributed by atoms with van der Waals surface area (Å²) in [7, 11) is -4.49. The van der Waals surface area contributed by atoms with Gasteiger partial charge in [0.15, 0.2) is 5.82 Å². The van der Waals surface area contributed by atoms with E-state index in [1.165, 1.54) is 31.0 Å². The quantitative estimate of drug-likeness (QED) is 0.419. The number of pyridine rings is 1. The van der Waals surface area contributed by atoms with E-state index < -0.39 is 26.7 Å². The van der Waals surface area contributed by atoms with Gasteiger partial charge in [-0.15, -0.1) is 0 Å². The van der Waals surface area contributed by atoms with E-state index in [9.17, 15) is 12.8 Å². The molecule has 1 spiro atoms. The van der Waals surface area contributed by atoms with E-state index in [1.807, 2.05) is 4.90 Å². The third-order valence-electron chi connectivity index (χ3n) is 7.67. The first-order valence-corrected chi connectivity index (χ1v) is 13.7. The molecule has 1 aliphatic carbocycles. The molecule has 1 N–H and O–H groups in total. The third kappa shape index (κ3) is 4.04. The van der Waals surface area contributed by atoms with Gasteiger partial charge in [0, 0.05) is 30.6 Å². The van der Waals surface area contributed by atoms with Gasteiger partial charge < -0.3 is 4.90 Å². The maximum atomic E-state index is 15.4. The predicted molar refractivity (Wildman–Crippen MR) is 129 cm³/mol.